The smallest absolute Gasteiger partial charge is 0.220 e. The van der Waals surface area contributed by atoms with Crippen molar-refractivity contribution in [1.29, 1.82) is 0 Å². The number of thiazole rings is 1. The Balaban J connectivity index is 1.47. The standard InChI is InChI=1S/C17H18N2OS2/c1-12(14-8-5-11-21-14)18-16(20)9-4-10-17-19-13-6-2-3-7-15(13)22-17/h2-3,5-8,11-12H,4,9-10H2,1H3,(H,18,20)/t12-/m0/s1. The quantitative estimate of drug-likeness (QED) is 0.720. The first-order valence-corrected chi connectivity index (χ1v) is 9.09. The van der Waals surface area contributed by atoms with Crippen LogP contribution in [-0.4, -0.2) is 10.9 Å². The molecule has 1 atom stereocenters. The molecule has 3 nitrogen and oxygen atoms in total. The van der Waals surface area contributed by atoms with Crippen molar-refractivity contribution in [1.82, 2.24) is 10.3 Å². The Hall–Kier alpha value is -1.72. The van der Waals surface area contributed by atoms with Crippen LogP contribution in [0.15, 0.2) is 41.8 Å². The minimum absolute atomic E-state index is 0.0925. The topological polar surface area (TPSA) is 42.0 Å². The Morgan fingerprint density at radius 2 is 2.14 bits per heavy atom. The zero-order chi connectivity index (χ0) is 15.4. The number of aryl methyl sites for hydroxylation is 1. The van der Waals surface area contributed by atoms with Crippen LogP contribution < -0.4 is 5.32 Å². The highest BCUT2D eigenvalue weighted by atomic mass is 32.1. The number of nitrogens with one attached hydrogen (secondary N) is 1. The van der Waals surface area contributed by atoms with E-state index >= 15 is 0 Å². The highest BCUT2D eigenvalue weighted by Crippen LogP contribution is 2.23. The summed E-state index contributed by atoms with van der Waals surface area (Å²) in [6, 6.07) is 12.3. The van der Waals surface area contributed by atoms with Gasteiger partial charge < -0.3 is 5.32 Å². The molecule has 0 aliphatic rings. The molecule has 0 aliphatic heterocycles. The number of benzene rings is 1. The Labute approximate surface area is 138 Å². The average Bonchev–Trinajstić information content (AvgIpc) is 3.16. The number of carbonyl (C=O) groups is 1. The molecule has 1 amide bonds. The lowest BCUT2D eigenvalue weighted by Gasteiger charge is -2.11. The van der Waals surface area contributed by atoms with Crippen molar-refractivity contribution in [2.75, 3.05) is 0 Å². The number of hydrogen-bond acceptors (Lipinski definition) is 4. The lowest BCUT2D eigenvalue weighted by atomic mass is 10.2. The molecule has 0 bridgehead atoms. The molecule has 2 heterocycles. The van der Waals surface area contributed by atoms with Crippen molar-refractivity contribution < 1.29 is 4.79 Å². The third-order valence-corrected chi connectivity index (χ3v) is 5.63. The minimum Gasteiger partial charge on any atom is -0.349 e. The second-order valence-electron chi connectivity index (χ2n) is 5.23. The molecule has 0 unspecified atom stereocenters. The van der Waals surface area contributed by atoms with E-state index in [9.17, 15) is 4.79 Å². The van der Waals surface area contributed by atoms with E-state index in [1.165, 1.54) is 9.58 Å². The van der Waals surface area contributed by atoms with Crippen molar-refractivity contribution in [3.63, 3.8) is 0 Å². The number of para-hydroxylation sites is 1. The van der Waals surface area contributed by atoms with Gasteiger partial charge in [0.25, 0.3) is 0 Å². The van der Waals surface area contributed by atoms with Crippen LogP contribution in [0.25, 0.3) is 10.2 Å². The molecule has 1 N–H and O–H groups in total. The van der Waals surface area contributed by atoms with Gasteiger partial charge >= 0.3 is 0 Å². The van der Waals surface area contributed by atoms with E-state index in [1.807, 2.05) is 36.6 Å². The Bertz CT molecular complexity index is 716. The van der Waals surface area contributed by atoms with E-state index in [2.05, 4.69) is 22.4 Å². The van der Waals surface area contributed by atoms with Crippen LogP contribution in [0.3, 0.4) is 0 Å². The predicted octanol–water partition coefficient (Wildman–Crippen LogP) is 4.56. The first-order valence-electron chi connectivity index (χ1n) is 7.39. The second kappa shape index (κ2) is 7.03. The average molecular weight is 330 g/mol. The highest BCUT2D eigenvalue weighted by Gasteiger charge is 2.10. The monoisotopic (exact) mass is 330 g/mol. The molecule has 0 aliphatic carbocycles. The molecule has 3 aromatic rings. The highest BCUT2D eigenvalue weighted by molar-refractivity contribution is 7.18. The number of amides is 1. The van der Waals surface area contributed by atoms with Gasteiger partial charge in [-0.05, 0) is 43.3 Å². The number of hydrogen-bond donors (Lipinski definition) is 1. The number of nitrogens with zero attached hydrogens (tertiary/aromatic N) is 1. The molecular formula is C17H18N2OS2. The molecule has 0 spiro atoms. The van der Waals surface area contributed by atoms with Crippen LogP contribution >= 0.6 is 22.7 Å². The van der Waals surface area contributed by atoms with Gasteiger partial charge in [0.2, 0.25) is 5.91 Å². The van der Waals surface area contributed by atoms with Gasteiger partial charge in [0, 0.05) is 11.3 Å². The molecule has 22 heavy (non-hydrogen) atoms. The summed E-state index contributed by atoms with van der Waals surface area (Å²) in [7, 11) is 0. The van der Waals surface area contributed by atoms with E-state index in [0.717, 1.165) is 23.4 Å². The second-order valence-corrected chi connectivity index (χ2v) is 7.33. The zero-order valence-electron chi connectivity index (χ0n) is 12.4. The lowest BCUT2D eigenvalue weighted by molar-refractivity contribution is -0.121. The van der Waals surface area contributed by atoms with Crippen molar-refractivity contribution in [3.05, 3.63) is 51.7 Å². The Morgan fingerprint density at radius 1 is 1.27 bits per heavy atom. The zero-order valence-corrected chi connectivity index (χ0v) is 14.0. The molecule has 0 saturated carbocycles. The number of aromatic nitrogens is 1. The summed E-state index contributed by atoms with van der Waals surface area (Å²) < 4.78 is 1.22. The number of fused-ring (bicyclic) bond motifs is 1. The van der Waals surface area contributed by atoms with Gasteiger partial charge in [0.05, 0.1) is 21.3 Å². The van der Waals surface area contributed by atoms with Gasteiger partial charge in [-0.15, -0.1) is 22.7 Å². The molecule has 3 rings (SSSR count). The summed E-state index contributed by atoms with van der Waals surface area (Å²) in [4.78, 5) is 17.8. The van der Waals surface area contributed by atoms with E-state index in [1.54, 1.807) is 22.7 Å². The maximum atomic E-state index is 12.0. The summed E-state index contributed by atoms with van der Waals surface area (Å²) >= 11 is 3.39. The molecule has 114 valence electrons. The van der Waals surface area contributed by atoms with Gasteiger partial charge in [0.15, 0.2) is 0 Å². The summed E-state index contributed by atoms with van der Waals surface area (Å²) in [6.45, 7) is 2.03. The van der Waals surface area contributed by atoms with Gasteiger partial charge in [-0.25, -0.2) is 4.98 Å². The van der Waals surface area contributed by atoms with E-state index in [4.69, 9.17) is 0 Å². The molecule has 5 heteroatoms. The van der Waals surface area contributed by atoms with Gasteiger partial charge in [-0.3, -0.25) is 4.79 Å². The lowest BCUT2D eigenvalue weighted by Crippen LogP contribution is -2.25. The van der Waals surface area contributed by atoms with E-state index in [-0.39, 0.29) is 11.9 Å². The van der Waals surface area contributed by atoms with E-state index in [0.29, 0.717) is 6.42 Å². The molecule has 2 aromatic heterocycles. The fourth-order valence-corrected chi connectivity index (χ4v) is 4.09. The Kier molecular flexibility index (Phi) is 4.85. The number of carbonyl (C=O) groups excluding carboxylic acids is 1. The van der Waals surface area contributed by atoms with Crippen LogP contribution in [0.1, 0.15) is 35.7 Å². The first-order chi connectivity index (χ1) is 10.7. The molecular weight excluding hydrogens is 312 g/mol. The fraction of sp³-hybridized carbons (Fsp3) is 0.294. The third kappa shape index (κ3) is 3.72. The van der Waals surface area contributed by atoms with Crippen LogP contribution in [0.2, 0.25) is 0 Å². The van der Waals surface area contributed by atoms with Crippen molar-refractivity contribution >= 4 is 38.8 Å². The predicted molar refractivity (Wildman–Crippen MR) is 93.4 cm³/mol. The number of rotatable bonds is 6. The van der Waals surface area contributed by atoms with E-state index < -0.39 is 0 Å². The Morgan fingerprint density at radius 3 is 2.91 bits per heavy atom. The summed E-state index contributed by atoms with van der Waals surface area (Å²) in [6.07, 6.45) is 2.24. The van der Waals surface area contributed by atoms with Crippen LogP contribution in [0, 0.1) is 0 Å². The van der Waals surface area contributed by atoms with Crippen LogP contribution in [0.4, 0.5) is 0 Å². The molecule has 0 radical (unpaired) electrons. The van der Waals surface area contributed by atoms with Crippen molar-refractivity contribution in [3.8, 4) is 0 Å². The molecule has 1 aromatic carbocycles. The molecule has 0 saturated heterocycles. The summed E-state index contributed by atoms with van der Waals surface area (Å²) in [5.41, 5.74) is 1.05. The maximum Gasteiger partial charge on any atom is 0.220 e. The first kappa shape index (κ1) is 15.2. The molecule has 0 fully saturated rings. The largest absolute Gasteiger partial charge is 0.349 e. The fourth-order valence-electron chi connectivity index (χ4n) is 2.35. The normalized spacial score (nSPS) is 12.4. The van der Waals surface area contributed by atoms with Gasteiger partial charge in [-0.1, -0.05) is 18.2 Å². The van der Waals surface area contributed by atoms with Crippen molar-refractivity contribution in [2.24, 2.45) is 0 Å². The summed E-state index contributed by atoms with van der Waals surface area (Å²) in [5.74, 6) is 0.113. The summed E-state index contributed by atoms with van der Waals surface area (Å²) in [5, 5.41) is 6.19. The number of thiophene rings is 1. The maximum absolute atomic E-state index is 12.0. The van der Waals surface area contributed by atoms with Gasteiger partial charge in [-0.2, -0.15) is 0 Å². The van der Waals surface area contributed by atoms with Gasteiger partial charge in [0.1, 0.15) is 0 Å². The van der Waals surface area contributed by atoms with Crippen LogP contribution in [0.5, 0.6) is 0 Å². The SMILES string of the molecule is C[C@H](NC(=O)CCCc1nc2ccccc2s1)c1cccs1. The van der Waals surface area contributed by atoms with Crippen LogP contribution in [-0.2, 0) is 11.2 Å². The minimum atomic E-state index is 0.0925. The van der Waals surface area contributed by atoms with Crippen molar-refractivity contribution in [2.45, 2.75) is 32.2 Å². The third-order valence-electron chi connectivity index (χ3n) is 3.48.